The molecular formula is C17H27N3O2S. The molecule has 1 heterocycles. The summed E-state index contributed by atoms with van der Waals surface area (Å²) in [6.07, 6.45) is 7.23. The van der Waals surface area contributed by atoms with Crippen LogP contribution in [0.5, 0.6) is 0 Å². The van der Waals surface area contributed by atoms with Crippen LogP contribution in [0.1, 0.15) is 18.4 Å². The fourth-order valence-corrected chi connectivity index (χ4v) is 3.33. The van der Waals surface area contributed by atoms with Crippen molar-refractivity contribution in [3.05, 3.63) is 42.1 Å². The molecule has 0 atom stereocenters. The average Bonchev–Trinajstić information content (AvgIpc) is 2.56. The lowest BCUT2D eigenvalue weighted by Crippen LogP contribution is -2.29. The standard InChI is InChI=1S/C17H27N3O2S/c1-18-23(21,22)14-10-15-3-5-17(6-4-15)19-11-7-16-8-12-20(2)13-9-16/h3-7,11,16,18-19H,8-10,12-14H2,1-2H3/b11-7+. The van der Waals surface area contributed by atoms with Crippen LogP contribution < -0.4 is 10.0 Å². The largest absolute Gasteiger partial charge is 0.362 e. The van der Waals surface area contributed by atoms with E-state index >= 15 is 0 Å². The molecule has 1 saturated heterocycles. The molecule has 0 aromatic heterocycles. The number of nitrogens with one attached hydrogen (secondary N) is 2. The molecule has 2 N–H and O–H groups in total. The normalized spacial score (nSPS) is 17.7. The third-order valence-corrected chi connectivity index (χ3v) is 5.67. The maximum absolute atomic E-state index is 11.4. The SMILES string of the molecule is CNS(=O)(=O)CCc1ccc(N/C=C/C2CCN(C)CC2)cc1. The number of piperidine rings is 1. The van der Waals surface area contributed by atoms with Gasteiger partial charge in [0.2, 0.25) is 10.0 Å². The topological polar surface area (TPSA) is 61.4 Å². The molecule has 0 spiro atoms. The Kier molecular flexibility index (Phi) is 6.62. The molecule has 0 unspecified atom stereocenters. The van der Waals surface area contributed by atoms with Gasteiger partial charge in [0.05, 0.1) is 5.75 Å². The van der Waals surface area contributed by atoms with Crippen molar-refractivity contribution in [2.45, 2.75) is 19.3 Å². The van der Waals surface area contributed by atoms with Crippen LogP contribution in [0.2, 0.25) is 0 Å². The Hall–Kier alpha value is -1.37. The first-order valence-corrected chi connectivity index (χ1v) is 9.75. The molecule has 1 aromatic rings. The van der Waals surface area contributed by atoms with E-state index in [4.69, 9.17) is 0 Å². The highest BCUT2D eigenvalue weighted by Crippen LogP contribution is 2.17. The first kappa shape index (κ1) is 18.0. The number of likely N-dealkylation sites (tertiary alicyclic amines) is 1. The van der Waals surface area contributed by atoms with Crippen LogP contribution in [0, 0.1) is 5.92 Å². The minimum atomic E-state index is -3.14. The van der Waals surface area contributed by atoms with Crippen molar-refractivity contribution in [2.75, 3.05) is 38.3 Å². The van der Waals surface area contributed by atoms with Gasteiger partial charge in [-0.3, -0.25) is 0 Å². The highest BCUT2D eigenvalue weighted by molar-refractivity contribution is 7.89. The van der Waals surface area contributed by atoms with Gasteiger partial charge >= 0.3 is 0 Å². The van der Waals surface area contributed by atoms with Crippen molar-refractivity contribution in [2.24, 2.45) is 5.92 Å². The van der Waals surface area contributed by atoms with Crippen molar-refractivity contribution in [3.8, 4) is 0 Å². The number of hydrogen-bond acceptors (Lipinski definition) is 4. The lowest BCUT2D eigenvalue weighted by Gasteiger charge is -2.26. The molecule has 6 heteroatoms. The molecular weight excluding hydrogens is 310 g/mol. The monoisotopic (exact) mass is 337 g/mol. The predicted octanol–water partition coefficient (Wildman–Crippen LogP) is 2.05. The maximum atomic E-state index is 11.4. The van der Waals surface area contributed by atoms with E-state index in [1.807, 2.05) is 30.5 Å². The molecule has 0 saturated carbocycles. The Balaban J connectivity index is 1.78. The number of rotatable bonds is 7. The van der Waals surface area contributed by atoms with E-state index in [0.29, 0.717) is 12.3 Å². The fraction of sp³-hybridized carbons (Fsp3) is 0.529. The van der Waals surface area contributed by atoms with E-state index < -0.39 is 10.0 Å². The van der Waals surface area contributed by atoms with E-state index in [1.165, 1.54) is 33.0 Å². The van der Waals surface area contributed by atoms with Crippen molar-refractivity contribution in [3.63, 3.8) is 0 Å². The summed E-state index contributed by atoms with van der Waals surface area (Å²) in [5, 5.41) is 3.29. The van der Waals surface area contributed by atoms with E-state index in [0.717, 1.165) is 11.3 Å². The predicted molar refractivity (Wildman–Crippen MR) is 96.0 cm³/mol. The number of aryl methyl sites for hydroxylation is 1. The molecule has 1 aliphatic heterocycles. The molecule has 1 aromatic carbocycles. The van der Waals surface area contributed by atoms with Crippen LogP contribution in [0.4, 0.5) is 5.69 Å². The van der Waals surface area contributed by atoms with Crippen molar-refractivity contribution < 1.29 is 8.42 Å². The maximum Gasteiger partial charge on any atom is 0.211 e. The summed E-state index contributed by atoms with van der Waals surface area (Å²) < 4.78 is 25.2. The molecule has 1 aliphatic rings. The van der Waals surface area contributed by atoms with Gasteiger partial charge in [0, 0.05) is 5.69 Å². The molecule has 23 heavy (non-hydrogen) atoms. The number of nitrogens with zero attached hydrogens (tertiary/aromatic N) is 1. The van der Waals surface area contributed by atoms with Crippen LogP contribution in [0.3, 0.4) is 0 Å². The molecule has 1 fully saturated rings. The van der Waals surface area contributed by atoms with Gasteiger partial charge in [0.1, 0.15) is 0 Å². The van der Waals surface area contributed by atoms with Crippen LogP contribution in [-0.4, -0.2) is 46.3 Å². The second-order valence-corrected chi connectivity index (χ2v) is 8.16. The fourth-order valence-electron chi connectivity index (χ4n) is 2.62. The summed E-state index contributed by atoms with van der Waals surface area (Å²) in [4.78, 5) is 2.37. The summed E-state index contributed by atoms with van der Waals surface area (Å²) >= 11 is 0. The summed E-state index contributed by atoms with van der Waals surface area (Å²) in [5.74, 6) is 0.775. The van der Waals surface area contributed by atoms with Gasteiger partial charge in [-0.05, 0) is 76.3 Å². The molecule has 0 radical (unpaired) electrons. The third-order valence-electron chi connectivity index (χ3n) is 4.31. The zero-order valence-electron chi connectivity index (χ0n) is 14.0. The Morgan fingerprint density at radius 2 is 1.87 bits per heavy atom. The van der Waals surface area contributed by atoms with Crippen LogP contribution in [0.15, 0.2) is 36.5 Å². The van der Waals surface area contributed by atoms with Gasteiger partial charge in [0.25, 0.3) is 0 Å². The first-order chi connectivity index (χ1) is 11.0. The van der Waals surface area contributed by atoms with Gasteiger partial charge in [-0.15, -0.1) is 0 Å². The van der Waals surface area contributed by atoms with Crippen molar-refractivity contribution in [1.29, 1.82) is 0 Å². The summed E-state index contributed by atoms with van der Waals surface area (Å²) in [6.45, 7) is 2.33. The van der Waals surface area contributed by atoms with Crippen LogP contribution >= 0.6 is 0 Å². The molecule has 0 amide bonds. The van der Waals surface area contributed by atoms with Gasteiger partial charge in [-0.2, -0.15) is 0 Å². The quantitative estimate of drug-likeness (QED) is 0.799. The number of benzene rings is 1. The minimum Gasteiger partial charge on any atom is -0.362 e. The highest BCUT2D eigenvalue weighted by atomic mass is 32.2. The molecule has 0 bridgehead atoms. The first-order valence-electron chi connectivity index (χ1n) is 8.10. The van der Waals surface area contributed by atoms with Crippen LogP contribution in [-0.2, 0) is 16.4 Å². The summed E-state index contributed by atoms with van der Waals surface area (Å²) in [5.41, 5.74) is 2.04. The Morgan fingerprint density at radius 1 is 1.22 bits per heavy atom. The molecule has 5 nitrogen and oxygen atoms in total. The zero-order valence-corrected chi connectivity index (χ0v) is 14.8. The number of anilines is 1. The second kappa shape index (κ2) is 8.47. The number of hydrogen-bond donors (Lipinski definition) is 2. The summed E-state index contributed by atoms with van der Waals surface area (Å²) in [6, 6.07) is 7.91. The zero-order chi connectivity index (χ0) is 16.7. The molecule has 128 valence electrons. The van der Waals surface area contributed by atoms with Gasteiger partial charge in [0.15, 0.2) is 0 Å². The second-order valence-electron chi connectivity index (χ2n) is 6.11. The number of allylic oxidation sites excluding steroid dienone is 1. The van der Waals surface area contributed by atoms with E-state index in [1.54, 1.807) is 0 Å². The molecule has 2 rings (SSSR count). The van der Waals surface area contributed by atoms with E-state index in [-0.39, 0.29) is 5.75 Å². The average molecular weight is 337 g/mol. The van der Waals surface area contributed by atoms with E-state index in [2.05, 4.69) is 28.1 Å². The Labute approximate surface area is 139 Å². The Morgan fingerprint density at radius 3 is 2.48 bits per heavy atom. The Bertz CT molecular complexity index is 603. The van der Waals surface area contributed by atoms with Gasteiger partial charge in [-0.1, -0.05) is 18.2 Å². The van der Waals surface area contributed by atoms with Crippen molar-refractivity contribution in [1.82, 2.24) is 9.62 Å². The lowest BCUT2D eigenvalue weighted by molar-refractivity contribution is 0.244. The third kappa shape index (κ3) is 6.33. The highest BCUT2D eigenvalue weighted by Gasteiger charge is 2.13. The lowest BCUT2D eigenvalue weighted by atomic mass is 9.97. The van der Waals surface area contributed by atoms with Crippen LogP contribution in [0.25, 0.3) is 0 Å². The summed E-state index contributed by atoms with van der Waals surface area (Å²) in [7, 11) is 0.473. The number of sulfonamides is 1. The van der Waals surface area contributed by atoms with Crippen molar-refractivity contribution >= 4 is 15.7 Å². The van der Waals surface area contributed by atoms with E-state index in [9.17, 15) is 8.42 Å². The molecule has 0 aliphatic carbocycles. The minimum absolute atomic E-state index is 0.117. The smallest absolute Gasteiger partial charge is 0.211 e. The van der Waals surface area contributed by atoms with Gasteiger partial charge in [-0.25, -0.2) is 13.1 Å². The van der Waals surface area contributed by atoms with Gasteiger partial charge < -0.3 is 10.2 Å².